The number of carbonyl (C=O) groups excluding carboxylic acids is 2. The number of anilines is 1. The van der Waals surface area contributed by atoms with Gasteiger partial charge < -0.3 is 15.4 Å². The Kier molecular flexibility index (Phi) is 3.85. The van der Waals surface area contributed by atoms with E-state index in [1.165, 1.54) is 11.3 Å². The number of hydrogen-bond donors (Lipinski definition) is 1. The van der Waals surface area contributed by atoms with Crippen molar-refractivity contribution in [2.75, 3.05) is 11.4 Å². The van der Waals surface area contributed by atoms with Gasteiger partial charge in [-0.3, -0.25) is 9.59 Å². The molecule has 1 aromatic carbocycles. The van der Waals surface area contributed by atoms with Gasteiger partial charge in [0.1, 0.15) is 5.75 Å². The summed E-state index contributed by atoms with van der Waals surface area (Å²) >= 11 is 3.67. The van der Waals surface area contributed by atoms with Crippen molar-refractivity contribution in [2.45, 2.75) is 6.10 Å². The summed E-state index contributed by atoms with van der Waals surface area (Å²) in [5, 5.41) is 1.81. The predicted octanol–water partition coefficient (Wildman–Crippen LogP) is 2.25. The Morgan fingerprint density at radius 3 is 2.81 bits per heavy atom. The summed E-state index contributed by atoms with van der Waals surface area (Å²) in [7, 11) is 0. The number of amides is 2. The van der Waals surface area contributed by atoms with E-state index >= 15 is 0 Å². The zero-order valence-corrected chi connectivity index (χ0v) is 13.8. The molecule has 2 N–H and O–H groups in total. The van der Waals surface area contributed by atoms with E-state index in [2.05, 4.69) is 22.6 Å². The van der Waals surface area contributed by atoms with Crippen molar-refractivity contribution >= 4 is 51.4 Å². The van der Waals surface area contributed by atoms with Crippen molar-refractivity contribution in [3.63, 3.8) is 0 Å². The van der Waals surface area contributed by atoms with Crippen molar-refractivity contribution in [3.8, 4) is 5.75 Å². The lowest BCUT2D eigenvalue weighted by Crippen LogP contribution is -2.49. The number of primary amides is 1. The third-order valence-electron chi connectivity index (χ3n) is 3.15. The molecule has 1 unspecified atom stereocenters. The molecule has 0 saturated carbocycles. The molecule has 0 spiro atoms. The Morgan fingerprint density at radius 2 is 2.14 bits per heavy atom. The third-order valence-corrected chi connectivity index (χ3v) is 4.94. The first-order valence-corrected chi connectivity index (χ1v) is 8.13. The first kappa shape index (κ1) is 14.3. The number of nitrogens with two attached hydrogens (primary N) is 1. The highest BCUT2D eigenvalue weighted by Crippen LogP contribution is 2.34. The Balaban J connectivity index is 2.00. The van der Waals surface area contributed by atoms with Crippen LogP contribution in [0.25, 0.3) is 0 Å². The number of rotatable bonds is 2. The molecule has 0 fully saturated rings. The van der Waals surface area contributed by atoms with Crippen molar-refractivity contribution in [1.29, 1.82) is 0 Å². The van der Waals surface area contributed by atoms with Gasteiger partial charge in [0, 0.05) is 5.38 Å². The number of ether oxygens (including phenoxy) is 1. The van der Waals surface area contributed by atoms with Crippen LogP contribution in [0, 0.1) is 2.88 Å². The van der Waals surface area contributed by atoms with Crippen molar-refractivity contribution < 1.29 is 14.3 Å². The second-order valence-electron chi connectivity index (χ2n) is 4.53. The lowest BCUT2D eigenvalue weighted by atomic mass is 10.1. The summed E-state index contributed by atoms with van der Waals surface area (Å²) in [5.41, 5.74) is 6.58. The van der Waals surface area contributed by atoms with Crippen LogP contribution >= 0.6 is 33.9 Å². The fourth-order valence-electron chi connectivity index (χ4n) is 2.15. The molecule has 0 saturated heterocycles. The van der Waals surface area contributed by atoms with E-state index in [4.69, 9.17) is 10.5 Å². The summed E-state index contributed by atoms with van der Waals surface area (Å²) in [5.74, 6) is -0.246. The van der Waals surface area contributed by atoms with Crippen LogP contribution in [0.5, 0.6) is 5.75 Å². The average Bonchev–Trinajstić information content (AvgIpc) is 2.92. The molecule has 0 aliphatic carbocycles. The van der Waals surface area contributed by atoms with Gasteiger partial charge in [0.05, 0.1) is 20.7 Å². The quantitative estimate of drug-likeness (QED) is 0.767. The highest BCUT2D eigenvalue weighted by molar-refractivity contribution is 14.1. The molecule has 1 atom stereocenters. The number of hydrogen-bond acceptors (Lipinski definition) is 4. The zero-order valence-electron chi connectivity index (χ0n) is 10.8. The predicted molar refractivity (Wildman–Crippen MR) is 88.8 cm³/mol. The van der Waals surface area contributed by atoms with Gasteiger partial charge >= 0.3 is 0 Å². The second kappa shape index (κ2) is 5.64. The Hall–Kier alpha value is -1.61. The fourth-order valence-corrected chi connectivity index (χ4v) is 3.47. The summed E-state index contributed by atoms with van der Waals surface area (Å²) in [4.78, 5) is 25.6. The van der Waals surface area contributed by atoms with Gasteiger partial charge in [0.15, 0.2) is 6.10 Å². The molecule has 21 heavy (non-hydrogen) atoms. The van der Waals surface area contributed by atoms with Crippen LogP contribution in [-0.4, -0.2) is 24.5 Å². The molecule has 3 rings (SSSR count). The highest BCUT2D eigenvalue weighted by Gasteiger charge is 2.33. The number of para-hydroxylation sites is 2. The molecular weight excluding hydrogens is 403 g/mol. The Bertz CT molecular complexity index is 716. The van der Waals surface area contributed by atoms with Gasteiger partial charge in [-0.25, -0.2) is 0 Å². The van der Waals surface area contributed by atoms with Crippen LogP contribution in [0.15, 0.2) is 35.7 Å². The Labute approximate surface area is 138 Å². The largest absolute Gasteiger partial charge is 0.477 e. The minimum atomic E-state index is -0.832. The van der Waals surface area contributed by atoms with Crippen LogP contribution in [0.3, 0.4) is 0 Å². The zero-order chi connectivity index (χ0) is 15.0. The van der Waals surface area contributed by atoms with Gasteiger partial charge in [0.2, 0.25) is 0 Å². The molecule has 1 aliphatic rings. The third kappa shape index (κ3) is 2.75. The van der Waals surface area contributed by atoms with Gasteiger partial charge in [-0.1, -0.05) is 12.1 Å². The molecule has 2 heterocycles. The van der Waals surface area contributed by atoms with Crippen LogP contribution in [-0.2, 0) is 4.79 Å². The lowest BCUT2D eigenvalue weighted by Gasteiger charge is -2.33. The van der Waals surface area contributed by atoms with E-state index in [1.807, 2.05) is 17.5 Å². The smallest absolute Gasteiger partial charge is 0.260 e. The first-order chi connectivity index (χ1) is 10.1. The minimum Gasteiger partial charge on any atom is -0.477 e. The van der Waals surface area contributed by atoms with Gasteiger partial charge in [0.25, 0.3) is 11.8 Å². The van der Waals surface area contributed by atoms with Crippen molar-refractivity contribution in [3.05, 3.63) is 44.2 Å². The maximum absolute atomic E-state index is 12.7. The normalized spacial score (nSPS) is 17.0. The molecule has 7 heteroatoms. The highest BCUT2D eigenvalue weighted by atomic mass is 127. The molecule has 2 amide bonds. The molecule has 1 aromatic heterocycles. The SMILES string of the molecule is NC(=O)C1CN(C(=O)c2csc(I)c2)c2ccccc2O1. The number of nitrogens with zero attached hydrogens (tertiary/aromatic N) is 1. The minimum absolute atomic E-state index is 0.123. The fraction of sp³-hybridized carbons (Fsp3) is 0.143. The Morgan fingerprint density at radius 1 is 1.38 bits per heavy atom. The van der Waals surface area contributed by atoms with E-state index < -0.39 is 12.0 Å². The first-order valence-electron chi connectivity index (χ1n) is 6.17. The summed E-state index contributed by atoms with van der Waals surface area (Å²) < 4.78 is 6.58. The number of thiophene rings is 1. The monoisotopic (exact) mass is 414 g/mol. The molecule has 1 aliphatic heterocycles. The van der Waals surface area contributed by atoms with Crippen LogP contribution in [0.2, 0.25) is 0 Å². The van der Waals surface area contributed by atoms with Crippen LogP contribution in [0.4, 0.5) is 5.69 Å². The lowest BCUT2D eigenvalue weighted by molar-refractivity contribution is -0.124. The maximum atomic E-state index is 12.7. The number of carbonyl (C=O) groups is 2. The van der Waals surface area contributed by atoms with E-state index in [9.17, 15) is 9.59 Å². The van der Waals surface area contributed by atoms with E-state index in [0.29, 0.717) is 17.0 Å². The summed E-state index contributed by atoms with van der Waals surface area (Å²) in [6.07, 6.45) is -0.832. The molecule has 108 valence electrons. The topological polar surface area (TPSA) is 72.6 Å². The van der Waals surface area contributed by atoms with Gasteiger partial charge in [-0.15, -0.1) is 11.3 Å². The standard InChI is InChI=1S/C14H11IN2O3S/c15-12-5-8(7-21-12)14(19)17-6-11(13(16)18)20-10-4-2-1-3-9(10)17/h1-5,7,11H,6H2,(H2,16,18). The number of halogens is 1. The number of benzene rings is 1. The molecule has 5 nitrogen and oxygen atoms in total. The molecule has 0 radical (unpaired) electrons. The summed E-state index contributed by atoms with van der Waals surface area (Å²) in [6, 6.07) is 8.96. The molecular formula is C14H11IN2O3S. The number of fused-ring (bicyclic) bond motifs is 1. The van der Waals surface area contributed by atoms with Crippen LogP contribution < -0.4 is 15.4 Å². The second-order valence-corrected chi connectivity index (χ2v) is 7.34. The van der Waals surface area contributed by atoms with Gasteiger partial charge in [-0.2, -0.15) is 0 Å². The van der Waals surface area contributed by atoms with E-state index in [0.717, 1.165) is 2.88 Å². The van der Waals surface area contributed by atoms with Gasteiger partial charge in [-0.05, 0) is 40.8 Å². The van der Waals surface area contributed by atoms with E-state index in [1.54, 1.807) is 23.1 Å². The molecule has 0 bridgehead atoms. The van der Waals surface area contributed by atoms with E-state index in [-0.39, 0.29) is 12.5 Å². The van der Waals surface area contributed by atoms with Crippen LogP contribution in [0.1, 0.15) is 10.4 Å². The average molecular weight is 414 g/mol. The van der Waals surface area contributed by atoms with Crippen molar-refractivity contribution in [2.24, 2.45) is 5.73 Å². The summed E-state index contributed by atoms with van der Waals surface area (Å²) in [6.45, 7) is 0.123. The molecule has 2 aromatic rings. The van der Waals surface area contributed by atoms with Crippen molar-refractivity contribution in [1.82, 2.24) is 0 Å². The maximum Gasteiger partial charge on any atom is 0.260 e.